The molecule has 0 fully saturated rings. The van der Waals surface area contributed by atoms with Gasteiger partial charge in [-0.15, -0.1) is 0 Å². The molecule has 2 aromatic rings. The van der Waals surface area contributed by atoms with Crippen molar-refractivity contribution in [3.05, 3.63) is 65.7 Å². The van der Waals surface area contributed by atoms with Crippen LogP contribution in [0.3, 0.4) is 0 Å². The average Bonchev–Trinajstić information content (AvgIpc) is 2.65. The van der Waals surface area contributed by atoms with Gasteiger partial charge in [-0.2, -0.15) is 0 Å². The number of hydrogen-bond donors (Lipinski definition) is 1. The number of likely N-dealkylation sites (N-methyl/N-ethyl adjacent to an activating group) is 1. The van der Waals surface area contributed by atoms with Crippen LogP contribution in [0, 0.1) is 0 Å². The molecule has 0 aliphatic heterocycles. The maximum absolute atomic E-state index is 12.4. The number of nitrogens with one attached hydrogen (secondary N) is 1. The third-order valence-electron chi connectivity index (χ3n) is 3.51. The van der Waals surface area contributed by atoms with Crippen LogP contribution in [0.15, 0.2) is 59.5 Å². The first-order valence-electron chi connectivity index (χ1n) is 7.80. The van der Waals surface area contributed by atoms with E-state index in [1.54, 1.807) is 26.2 Å². The molecule has 8 heteroatoms. The summed E-state index contributed by atoms with van der Waals surface area (Å²) >= 11 is 0. The number of sulfonamides is 1. The molecule has 0 saturated heterocycles. The number of benzene rings is 2. The molecule has 0 bridgehead atoms. The third-order valence-corrected chi connectivity index (χ3v) is 4.91. The maximum atomic E-state index is 12.4. The van der Waals surface area contributed by atoms with E-state index in [4.69, 9.17) is 4.74 Å². The lowest BCUT2D eigenvalue weighted by atomic mass is 10.2. The molecular formula is C18H20N2O5S. The van der Waals surface area contributed by atoms with Crippen molar-refractivity contribution in [1.82, 2.24) is 9.62 Å². The highest BCUT2D eigenvalue weighted by atomic mass is 32.2. The summed E-state index contributed by atoms with van der Waals surface area (Å²) in [6.45, 7) is -0.274. The molecule has 0 aromatic heterocycles. The summed E-state index contributed by atoms with van der Waals surface area (Å²) in [4.78, 5) is 24.7. The fourth-order valence-electron chi connectivity index (χ4n) is 1.99. The number of ether oxygens (including phenoxy) is 1. The van der Waals surface area contributed by atoms with E-state index in [9.17, 15) is 18.0 Å². The monoisotopic (exact) mass is 376 g/mol. The van der Waals surface area contributed by atoms with E-state index in [0.29, 0.717) is 0 Å². The summed E-state index contributed by atoms with van der Waals surface area (Å²) in [5.74, 6) is -1.13. The SMILES string of the molecule is CN(C)C(=O)COC(=O)c1cccc(S(=O)(=O)NCc2ccccc2)c1. The van der Waals surface area contributed by atoms with Gasteiger partial charge in [0.05, 0.1) is 10.5 Å². The Kier molecular flexibility index (Phi) is 6.48. The van der Waals surface area contributed by atoms with Gasteiger partial charge in [-0.1, -0.05) is 36.4 Å². The summed E-state index contributed by atoms with van der Waals surface area (Å²) in [6.07, 6.45) is 0. The van der Waals surface area contributed by atoms with Gasteiger partial charge in [-0.3, -0.25) is 4.79 Å². The van der Waals surface area contributed by atoms with Crippen LogP contribution >= 0.6 is 0 Å². The van der Waals surface area contributed by atoms with Crippen molar-refractivity contribution in [2.24, 2.45) is 0 Å². The molecule has 0 heterocycles. The van der Waals surface area contributed by atoms with Crippen molar-refractivity contribution < 1.29 is 22.7 Å². The van der Waals surface area contributed by atoms with E-state index in [2.05, 4.69) is 4.72 Å². The average molecular weight is 376 g/mol. The lowest BCUT2D eigenvalue weighted by Gasteiger charge is -2.11. The van der Waals surface area contributed by atoms with Crippen LogP contribution in [0.4, 0.5) is 0 Å². The van der Waals surface area contributed by atoms with Crippen LogP contribution in [0.5, 0.6) is 0 Å². The first-order chi connectivity index (χ1) is 12.3. The summed E-state index contributed by atoms with van der Waals surface area (Å²) in [6, 6.07) is 14.6. The molecule has 0 aliphatic carbocycles. The summed E-state index contributed by atoms with van der Waals surface area (Å²) in [5, 5.41) is 0. The van der Waals surface area contributed by atoms with E-state index in [1.165, 1.54) is 29.2 Å². The van der Waals surface area contributed by atoms with Crippen LogP contribution in [0.1, 0.15) is 15.9 Å². The number of amides is 1. The summed E-state index contributed by atoms with van der Waals surface area (Å²) in [7, 11) is -0.705. The molecule has 138 valence electrons. The fraction of sp³-hybridized carbons (Fsp3) is 0.222. The molecule has 1 amide bonds. The lowest BCUT2D eigenvalue weighted by Crippen LogP contribution is -2.27. The molecule has 0 spiro atoms. The van der Waals surface area contributed by atoms with E-state index in [0.717, 1.165) is 5.56 Å². The zero-order valence-electron chi connectivity index (χ0n) is 14.5. The van der Waals surface area contributed by atoms with Crippen molar-refractivity contribution in [3.8, 4) is 0 Å². The van der Waals surface area contributed by atoms with Crippen LogP contribution in [0.2, 0.25) is 0 Å². The Morgan fingerprint density at radius 2 is 1.73 bits per heavy atom. The molecule has 0 radical (unpaired) electrons. The van der Waals surface area contributed by atoms with Gasteiger partial charge < -0.3 is 9.64 Å². The highest BCUT2D eigenvalue weighted by Crippen LogP contribution is 2.13. The second kappa shape index (κ2) is 8.59. The Morgan fingerprint density at radius 3 is 2.38 bits per heavy atom. The molecule has 1 N–H and O–H groups in total. The molecule has 2 aromatic carbocycles. The normalized spacial score (nSPS) is 11.0. The maximum Gasteiger partial charge on any atom is 0.338 e. The van der Waals surface area contributed by atoms with Gasteiger partial charge in [-0.25, -0.2) is 17.9 Å². The minimum atomic E-state index is -3.79. The largest absolute Gasteiger partial charge is 0.452 e. The van der Waals surface area contributed by atoms with E-state index in [-0.39, 0.29) is 22.9 Å². The Balaban J connectivity index is 2.07. The van der Waals surface area contributed by atoms with Crippen LogP contribution in [-0.2, 0) is 26.1 Å². The van der Waals surface area contributed by atoms with Crippen LogP contribution < -0.4 is 4.72 Å². The van der Waals surface area contributed by atoms with Crippen molar-refractivity contribution in [1.29, 1.82) is 0 Å². The van der Waals surface area contributed by atoms with E-state index in [1.807, 2.05) is 18.2 Å². The standard InChI is InChI=1S/C18H20N2O5S/c1-20(2)17(21)13-25-18(22)15-9-6-10-16(11-15)26(23,24)19-12-14-7-4-3-5-8-14/h3-11,19H,12-13H2,1-2H3. The van der Waals surface area contributed by atoms with Crippen molar-refractivity contribution >= 4 is 21.9 Å². The van der Waals surface area contributed by atoms with Gasteiger partial charge in [0, 0.05) is 20.6 Å². The van der Waals surface area contributed by atoms with Gasteiger partial charge in [0.1, 0.15) is 0 Å². The summed E-state index contributed by atoms with van der Waals surface area (Å²) in [5.41, 5.74) is 0.868. The molecule has 7 nitrogen and oxygen atoms in total. The van der Waals surface area contributed by atoms with Crippen LogP contribution in [-0.4, -0.2) is 45.9 Å². The van der Waals surface area contributed by atoms with Gasteiger partial charge in [0.25, 0.3) is 5.91 Å². The topological polar surface area (TPSA) is 92.8 Å². The van der Waals surface area contributed by atoms with Crippen molar-refractivity contribution in [2.75, 3.05) is 20.7 Å². The molecule has 0 saturated carbocycles. The first kappa shape index (κ1) is 19.6. The molecule has 0 unspecified atom stereocenters. The number of esters is 1. The van der Waals surface area contributed by atoms with E-state index >= 15 is 0 Å². The fourth-order valence-corrected chi connectivity index (χ4v) is 3.05. The minimum Gasteiger partial charge on any atom is -0.452 e. The van der Waals surface area contributed by atoms with Crippen LogP contribution in [0.25, 0.3) is 0 Å². The van der Waals surface area contributed by atoms with Gasteiger partial charge >= 0.3 is 5.97 Å². The highest BCUT2D eigenvalue weighted by Gasteiger charge is 2.17. The quantitative estimate of drug-likeness (QED) is 0.738. The third kappa shape index (κ3) is 5.40. The Labute approximate surface area is 152 Å². The highest BCUT2D eigenvalue weighted by molar-refractivity contribution is 7.89. The Morgan fingerprint density at radius 1 is 1.04 bits per heavy atom. The number of carbonyl (C=O) groups is 2. The van der Waals surface area contributed by atoms with Gasteiger partial charge in [0.2, 0.25) is 10.0 Å². The molecule has 0 atom stereocenters. The number of carbonyl (C=O) groups excluding carboxylic acids is 2. The predicted molar refractivity (Wildman–Crippen MR) is 95.9 cm³/mol. The lowest BCUT2D eigenvalue weighted by molar-refractivity contribution is -0.131. The molecule has 26 heavy (non-hydrogen) atoms. The molecular weight excluding hydrogens is 356 g/mol. The zero-order valence-corrected chi connectivity index (χ0v) is 15.3. The predicted octanol–water partition coefficient (Wildman–Crippen LogP) is 1.41. The number of hydrogen-bond acceptors (Lipinski definition) is 5. The van der Waals surface area contributed by atoms with Gasteiger partial charge in [0.15, 0.2) is 6.61 Å². The number of nitrogens with zero attached hydrogens (tertiary/aromatic N) is 1. The Bertz CT molecular complexity index is 879. The minimum absolute atomic E-state index is 0.0539. The van der Waals surface area contributed by atoms with Crippen molar-refractivity contribution in [2.45, 2.75) is 11.4 Å². The van der Waals surface area contributed by atoms with E-state index < -0.39 is 22.6 Å². The smallest absolute Gasteiger partial charge is 0.338 e. The second-order valence-electron chi connectivity index (χ2n) is 5.70. The number of rotatable bonds is 7. The molecule has 0 aliphatic rings. The van der Waals surface area contributed by atoms with Crippen molar-refractivity contribution in [3.63, 3.8) is 0 Å². The zero-order chi connectivity index (χ0) is 19.2. The Hall–Kier alpha value is -2.71. The summed E-state index contributed by atoms with van der Waals surface area (Å²) < 4.78 is 32.2. The molecule has 2 rings (SSSR count). The first-order valence-corrected chi connectivity index (χ1v) is 9.29. The van der Waals surface area contributed by atoms with Gasteiger partial charge in [-0.05, 0) is 23.8 Å². The second-order valence-corrected chi connectivity index (χ2v) is 7.47.